The van der Waals surface area contributed by atoms with Gasteiger partial charge in [-0.3, -0.25) is 0 Å². The number of phenolic OH excluding ortho intramolecular Hbond substituents is 1. The zero-order valence-corrected chi connectivity index (χ0v) is 17.7. The first-order valence-corrected chi connectivity index (χ1v) is 10.2. The van der Waals surface area contributed by atoms with Gasteiger partial charge < -0.3 is 19.7 Å². The van der Waals surface area contributed by atoms with Crippen molar-refractivity contribution in [3.8, 4) is 28.5 Å². The van der Waals surface area contributed by atoms with Crippen LogP contribution in [0.5, 0.6) is 17.2 Å². The predicted molar refractivity (Wildman–Crippen MR) is 113 cm³/mol. The molecule has 168 valence electrons. The van der Waals surface area contributed by atoms with E-state index in [4.69, 9.17) is 9.47 Å². The molecule has 32 heavy (non-hydrogen) atoms. The monoisotopic (exact) mass is 465 g/mol. The number of hydrogen-bond donors (Lipinski definition) is 2. The molecule has 2 aromatic carbocycles. The van der Waals surface area contributed by atoms with Crippen LogP contribution < -0.4 is 14.5 Å². The van der Waals surface area contributed by atoms with Gasteiger partial charge >= 0.3 is 6.18 Å². The van der Waals surface area contributed by atoms with Crippen LogP contribution in [0.25, 0.3) is 11.3 Å². The molecule has 0 unspecified atom stereocenters. The highest BCUT2D eigenvalue weighted by atomic mass is 32.1. The number of rotatable bonds is 5. The van der Waals surface area contributed by atoms with E-state index in [-0.39, 0.29) is 22.3 Å². The van der Waals surface area contributed by atoms with Crippen LogP contribution in [0.1, 0.15) is 12.0 Å². The second-order valence-electron chi connectivity index (χ2n) is 6.98. The summed E-state index contributed by atoms with van der Waals surface area (Å²) < 4.78 is 52.4. The van der Waals surface area contributed by atoms with Crippen molar-refractivity contribution in [3.05, 3.63) is 53.4 Å². The molecule has 0 saturated carbocycles. The topological polar surface area (TPSA) is 87.4 Å². The third-order valence-corrected chi connectivity index (χ3v) is 5.79. The van der Waals surface area contributed by atoms with E-state index in [1.165, 1.54) is 43.9 Å². The van der Waals surface area contributed by atoms with Crippen molar-refractivity contribution >= 4 is 22.2 Å². The number of alkyl halides is 3. The Morgan fingerprint density at radius 2 is 1.91 bits per heavy atom. The summed E-state index contributed by atoms with van der Waals surface area (Å²) in [4.78, 5) is 4.23. The fourth-order valence-electron chi connectivity index (χ4n) is 3.31. The van der Waals surface area contributed by atoms with E-state index < -0.39 is 18.3 Å². The van der Waals surface area contributed by atoms with E-state index in [2.05, 4.69) is 10.1 Å². The summed E-state index contributed by atoms with van der Waals surface area (Å²) in [5, 5.41) is 26.3. The lowest BCUT2D eigenvalue weighted by atomic mass is 10.00. The number of halogens is 3. The molecule has 0 aliphatic carbocycles. The minimum absolute atomic E-state index is 0.00285. The Morgan fingerprint density at radius 3 is 2.56 bits per heavy atom. The van der Waals surface area contributed by atoms with Crippen molar-refractivity contribution in [2.75, 3.05) is 19.2 Å². The van der Waals surface area contributed by atoms with Crippen LogP contribution in [0.15, 0.2) is 52.9 Å². The van der Waals surface area contributed by atoms with Gasteiger partial charge in [0, 0.05) is 22.6 Å². The maximum atomic E-state index is 14.0. The van der Waals surface area contributed by atoms with Gasteiger partial charge in [-0.15, -0.1) is 11.3 Å². The quantitative estimate of drug-likeness (QED) is 0.581. The molecule has 0 amide bonds. The predicted octanol–water partition coefficient (Wildman–Crippen LogP) is 4.40. The van der Waals surface area contributed by atoms with E-state index in [9.17, 15) is 23.4 Å². The van der Waals surface area contributed by atoms with Gasteiger partial charge in [-0.2, -0.15) is 23.3 Å². The van der Waals surface area contributed by atoms with E-state index >= 15 is 0 Å². The number of hydrazone groups is 1. The van der Waals surface area contributed by atoms with Crippen molar-refractivity contribution in [1.82, 2.24) is 4.98 Å². The molecule has 2 heterocycles. The lowest BCUT2D eigenvalue weighted by Crippen LogP contribution is -2.55. The summed E-state index contributed by atoms with van der Waals surface area (Å²) >= 11 is 0.894. The number of thiazole rings is 1. The summed E-state index contributed by atoms with van der Waals surface area (Å²) in [5.74, 6) is 0.716. The van der Waals surface area contributed by atoms with Gasteiger partial charge in [-0.05, 0) is 24.3 Å². The van der Waals surface area contributed by atoms with E-state index in [1.54, 1.807) is 18.2 Å². The van der Waals surface area contributed by atoms with Crippen LogP contribution in [0.2, 0.25) is 0 Å². The molecule has 0 spiro atoms. The lowest BCUT2D eigenvalue weighted by Gasteiger charge is -2.32. The fraction of sp³-hybridized carbons (Fsp3) is 0.238. The highest BCUT2D eigenvalue weighted by Crippen LogP contribution is 2.46. The number of phenols is 1. The Hall–Kier alpha value is -3.31. The van der Waals surface area contributed by atoms with Crippen LogP contribution in [0.4, 0.5) is 18.3 Å². The number of aliphatic hydroxyl groups is 1. The molecular formula is C21H18F3N3O4S. The number of aromatic nitrogens is 1. The normalized spacial score (nSPS) is 18.6. The number of methoxy groups -OCH3 is 2. The maximum absolute atomic E-state index is 14.0. The molecule has 7 nitrogen and oxygen atoms in total. The fourth-order valence-corrected chi connectivity index (χ4v) is 4.16. The van der Waals surface area contributed by atoms with Gasteiger partial charge in [0.05, 0.1) is 32.0 Å². The largest absolute Gasteiger partial charge is 0.508 e. The molecule has 1 aliphatic rings. The molecule has 0 bridgehead atoms. The minimum atomic E-state index is -5.02. The highest BCUT2D eigenvalue weighted by Gasteiger charge is 2.62. The number of nitrogens with zero attached hydrogens (tertiary/aromatic N) is 3. The molecule has 4 rings (SSSR count). The molecule has 2 N–H and O–H groups in total. The summed E-state index contributed by atoms with van der Waals surface area (Å²) in [6.07, 6.45) is -5.84. The van der Waals surface area contributed by atoms with E-state index in [0.717, 1.165) is 11.3 Å². The SMILES string of the molecule is COc1ccc(C2=NN(c3nc(-c4cccc(O)c4)cs3)[C@@](O)(C(F)(F)F)C2)c(OC)c1. The summed E-state index contributed by atoms with van der Waals surface area (Å²) in [6, 6.07) is 10.8. The first kappa shape index (κ1) is 21.9. The first-order valence-electron chi connectivity index (χ1n) is 9.30. The number of benzene rings is 2. The second kappa shape index (κ2) is 7.99. The molecule has 1 aliphatic heterocycles. The smallest absolute Gasteiger partial charge is 0.438 e. The zero-order chi connectivity index (χ0) is 23.1. The zero-order valence-electron chi connectivity index (χ0n) is 16.9. The van der Waals surface area contributed by atoms with Gasteiger partial charge in [0.2, 0.25) is 5.13 Å². The third-order valence-electron chi connectivity index (χ3n) is 4.97. The van der Waals surface area contributed by atoms with Crippen molar-refractivity contribution in [2.24, 2.45) is 5.10 Å². The van der Waals surface area contributed by atoms with Crippen molar-refractivity contribution in [3.63, 3.8) is 0 Å². The molecule has 0 radical (unpaired) electrons. The van der Waals surface area contributed by atoms with Crippen molar-refractivity contribution in [2.45, 2.75) is 18.3 Å². The number of aromatic hydroxyl groups is 1. The van der Waals surface area contributed by atoms with Crippen LogP contribution in [0, 0.1) is 0 Å². The molecule has 0 fully saturated rings. The van der Waals surface area contributed by atoms with E-state index in [1.807, 2.05) is 0 Å². The summed E-state index contributed by atoms with van der Waals surface area (Å²) in [6.45, 7) is 0. The number of anilines is 1. The highest BCUT2D eigenvalue weighted by molar-refractivity contribution is 7.14. The molecule has 3 aromatic rings. The maximum Gasteiger partial charge on any atom is 0.438 e. The van der Waals surface area contributed by atoms with Crippen LogP contribution in [-0.2, 0) is 0 Å². The Balaban J connectivity index is 1.78. The number of hydrogen-bond acceptors (Lipinski definition) is 8. The summed E-state index contributed by atoms with van der Waals surface area (Å²) in [5.41, 5.74) is -2.15. The first-order chi connectivity index (χ1) is 15.2. The molecule has 1 aromatic heterocycles. The Morgan fingerprint density at radius 1 is 1.12 bits per heavy atom. The van der Waals surface area contributed by atoms with Gasteiger partial charge in [0.25, 0.3) is 5.72 Å². The second-order valence-corrected chi connectivity index (χ2v) is 7.82. The molecule has 0 saturated heterocycles. The van der Waals surface area contributed by atoms with Gasteiger partial charge in [0.15, 0.2) is 0 Å². The molecule has 1 atom stereocenters. The van der Waals surface area contributed by atoms with Crippen LogP contribution >= 0.6 is 11.3 Å². The van der Waals surface area contributed by atoms with Crippen molar-refractivity contribution < 1.29 is 32.9 Å². The number of ether oxygens (including phenoxy) is 2. The Kier molecular flexibility index (Phi) is 5.47. The lowest BCUT2D eigenvalue weighted by molar-refractivity contribution is -0.254. The Bertz CT molecular complexity index is 1180. The third kappa shape index (κ3) is 3.73. The van der Waals surface area contributed by atoms with Crippen molar-refractivity contribution in [1.29, 1.82) is 0 Å². The molecule has 11 heteroatoms. The van der Waals surface area contributed by atoms with Gasteiger partial charge in [-0.25, -0.2) is 4.98 Å². The standard InChI is InChI=1S/C21H18F3N3O4S/c1-30-14-6-7-15(18(9-14)31-2)16-10-20(29,21(22,23)24)27(26-16)19-25-17(11-32-19)12-4-3-5-13(28)8-12/h3-9,11,28-29H,10H2,1-2H3/t20-/m0/s1. The van der Waals surface area contributed by atoms with Crippen LogP contribution in [-0.4, -0.2) is 47.0 Å². The Labute approximate surface area is 185 Å². The average molecular weight is 465 g/mol. The van der Waals surface area contributed by atoms with Crippen LogP contribution in [0.3, 0.4) is 0 Å². The van der Waals surface area contributed by atoms with Gasteiger partial charge in [-0.1, -0.05) is 12.1 Å². The average Bonchev–Trinajstić information content (AvgIpc) is 3.38. The molecular weight excluding hydrogens is 447 g/mol. The van der Waals surface area contributed by atoms with E-state index in [0.29, 0.717) is 27.6 Å². The summed E-state index contributed by atoms with van der Waals surface area (Å²) in [7, 11) is 2.84. The minimum Gasteiger partial charge on any atom is -0.508 e. The van der Waals surface area contributed by atoms with Gasteiger partial charge in [0.1, 0.15) is 17.2 Å².